The molecule has 0 N–H and O–H groups in total. The first-order valence-electron chi connectivity index (χ1n) is 10.3. The second-order valence-electron chi connectivity index (χ2n) is 7.82. The van der Waals surface area contributed by atoms with Crippen molar-refractivity contribution in [3.63, 3.8) is 0 Å². The molecule has 31 heavy (non-hydrogen) atoms. The lowest BCUT2D eigenvalue weighted by atomic mass is 10.1. The Bertz CT molecular complexity index is 1450. The Morgan fingerprint density at radius 3 is 2.52 bits per heavy atom. The van der Waals surface area contributed by atoms with Crippen molar-refractivity contribution in [2.24, 2.45) is 0 Å². The minimum atomic E-state index is -0.0439. The van der Waals surface area contributed by atoms with Crippen LogP contribution in [0.25, 0.3) is 21.9 Å². The van der Waals surface area contributed by atoms with Crippen molar-refractivity contribution in [2.45, 2.75) is 20.0 Å². The topological polar surface area (TPSA) is 49.0 Å². The number of methoxy groups -OCH3 is 1. The molecule has 0 amide bonds. The molecule has 0 unspecified atom stereocenters. The highest BCUT2D eigenvalue weighted by molar-refractivity contribution is 6.05. The van der Waals surface area contributed by atoms with Crippen molar-refractivity contribution in [1.29, 1.82) is 0 Å². The van der Waals surface area contributed by atoms with Gasteiger partial charge in [-0.1, -0.05) is 54.1 Å². The lowest BCUT2D eigenvalue weighted by molar-refractivity contribution is 0.414. The summed E-state index contributed by atoms with van der Waals surface area (Å²) in [5, 5.41) is 1.01. The standard InChI is InChI=1S/C26H23N3O2/c1-18-11-12-23-22(13-18)24-25(29(23)16-19-7-4-3-5-8-19)26(30)28(17-27-24)15-20-9-6-10-21(14-20)31-2/h3-14,17H,15-16H2,1-2H3. The molecule has 154 valence electrons. The SMILES string of the molecule is COc1cccc(Cn2cnc3c4cc(C)ccc4n(Cc4ccccc4)c3c2=O)c1. The molecule has 5 rings (SSSR count). The van der Waals surface area contributed by atoms with Crippen LogP contribution in [0.2, 0.25) is 0 Å². The van der Waals surface area contributed by atoms with Crippen molar-refractivity contribution in [3.05, 3.63) is 106 Å². The molecule has 3 aromatic carbocycles. The van der Waals surface area contributed by atoms with Gasteiger partial charge in [0, 0.05) is 11.9 Å². The maximum Gasteiger partial charge on any atom is 0.278 e. The zero-order valence-electron chi connectivity index (χ0n) is 17.6. The largest absolute Gasteiger partial charge is 0.497 e. The van der Waals surface area contributed by atoms with Crippen LogP contribution in [0.3, 0.4) is 0 Å². The van der Waals surface area contributed by atoms with E-state index in [1.807, 2.05) is 42.5 Å². The van der Waals surface area contributed by atoms with Crippen molar-refractivity contribution < 1.29 is 4.74 Å². The van der Waals surface area contributed by atoms with Gasteiger partial charge in [-0.15, -0.1) is 0 Å². The van der Waals surface area contributed by atoms with Crippen molar-refractivity contribution in [3.8, 4) is 5.75 Å². The molecule has 0 saturated carbocycles. The minimum Gasteiger partial charge on any atom is -0.497 e. The van der Waals surface area contributed by atoms with Gasteiger partial charge in [-0.05, 0) is 42.3 Å². The average Bonchev–Trinajstić information content (AvgIpc) is 3.10. The first-order chi connectivity index (χ1) is 15.1. The van der Waals surface area contributed by atoms with Crippen LogP contribution in [-0.4, -0.2) is 21.2 Å². The molecule has 0 radical (unpaired) electrons. The average molecular weight is 409 g/mol. The molecule has 5 heteroatoms. The third kappa shape index (κ3) is 3.48. The summed E-state index contributed by atoms with van der Waals surface area (Å²) < 4.78 is 9.09. The van der Waals surface area contributed by atoms with Gasteiger partial charge in [-0.25, -0.2) is 4.98 Å². The Labute approximate surface area is 180 Å². The number of hydrogen-bond acceptors (Lipinski definition) is 3. The number of aryl methyl sites for hydroxylation is 1. The van der Waals surface area contributed by atoms with E-state index in [0.29, 0.717) is 18.6 Å². The second kappa shape index (κ2) is 7.76. The van der Waals surface area contributed by atoms with Gasteiger partial charge >= 0.3 is 0 Å². The summed E-state index contributed by atoms with van der Waals surface area (Å²) in [6.45, 7) is 3.11. The number of aromatic nitrogens is 3. The van der Waals surface area contributed by atoms with Gasteiger partial charge in [0.2, 0.25) is 0 Å². The summed E-state index contributed by atoms with van der Waals surface area (Å²) in [6, 6.07) is 24.2. The molecule has 0 saturated heterocycles. The molecule has 0 fully saturated rings. The van der Waals surface area contributed by atoms with E-state index in [-0.39, 0.29) is 5.56 Å². The molecule has 2 aromatic heterocycles. The van der Waals surface area contributed by atoms with E-state index in [1.54, 1.807) is 18.0 Å². The molecule has 0 spiro atoms. The van der Waals surface area contributed by atoms with Gasteiger partial charge in [-0.3, -0.25) is 9.36 Å². The molecular weight excluding hydrogens is 386 g/mol. The highest BCUT2D eigenvalue weighted by Crippen LogP contribution is 2.27. The first kappa shape index (κ1) is 19.1. The van der Waals surface area contributed by atoms with E-state index in [0.717, 1.165) is 38.9 Å². The molecule has 0 atom stereocenters. The number of nitrogens with zero attached hydrogens (tertiary/aromatic N) is 3. The fourth-order valence-electron chi connectivity index (χ4n) is 4.12. The second-order valence-corrected chi connectivity index (χ2v) is 7.82. The van der Waals surface area contributed by atoms with E-state index < -0.39 is 0 Å². The number of hydrogen-bond donors (Lipinski definition) is 0. The Morgan fingerprint density at radius 1 is 0.903 bits per heavy atom. The Hall–Kier alpha value is -3.86. The summed E-state index contributed by atoms with van der Waals surface area (Å²) in [5.74, 6) is 0.772. The predicted molar refractivity (Wildman–Crippen MR) is 124 cm³/mol. The minimum absolute atomic E-state index is 0.0439. The van der Waals surface area contributed by atoms with Gasteiger partial charge in [0.1, 0.15) is 16.8 Å². The highest BCUT2D eigenvalue weighted by Gasteiger charge is 2.17. The summed E-state index contributed by atoms with van der Waals surface area (Å²) in [7, 11) is 1.64. The molecule has 0 aliphatic heterocycles. The molecule has 0 bridgehead atoms. The summed E-state index contributed by atoms with van der Waals surface area (Å²) >= 11 is 0. The number of rotatable bonds is 5. The normalized spacial score (nSPS) is 11.3. The molecule has 5 aromatic rings. The zero-order valence-corrected chi connectivity index (χ0v) is 17.6. The van der Waals surface area contributed by atoms with Crippen LogP contribution in [0, 0.1) is 6.92 Å². The summed E-state index contributed by atoms with van der Waals surface area (Å²) in [5.41, 5.74) is 5.64. The molecule has 0 aliphatic carbocycles. The quantitative estimate of drug-likeness (QED) is 0.420. The van der Waals surface area contributed by atoms with E-state index in [4.69, 9.17) is 9.72 Å². The fraction of sp³-hybridized carbons (Fsp3) is 0.154. The van der Waals surface area contributed by atoms with E-state index in [9.17, 15) is 4.79 Å². The smallest absolute Gasteiger partial charge is 0.278 e. The monoisotopic (exact) mass is 409 g/mol. The Balaban J connectivity index is 1.70. The van der Waals surface area contributed by atoms with Gasteiger partial charge in [0.15, 0.2) is 0 Å². The maximum atomic E-state index is 13.6. The lowest BCUT2D eigenvalue weighted by Crippen LogP contribution is -2.23. The van der Waals surface area contributed by atoms with Crippen molar-refractivity contribution in [1.82, 2.24) is 14.1 Å². The number of benzene rings is 3. The molecule has 2 heterocycles. The third-order valence-corrected chi connectivity index (χ3v) is 5.65. The molecule has 0 aliphatic rings. The van der Waals surface area contributed by atoms with Crippen LogP contribution in [0.4, 0.5) is 0 Å². The van der Waals surface area contributed by atoms with Gasteiger partial charge in [0.05, 0.1) is 25.5 Å². The Kier molecular flexibility index (Phi) is 4.79. The zero-order chi connectivity index (χ0) is 21.4. The van der Waals surface area contributed by atoms with Crippen LogP contribution in [0.1, 0.15) is 16.7 Å². The van der Waals surface area contributed by atoms with Crippen LogP contribution in [-0.2, 0) is 13.1 Å². The summed E-state index contributed by atoms with van der Waals surface area (Å²) in [6.07, 6.45) is 1.65. The Morgan fingerprint density at radius 2 is 1.71 bits per heavy atom. The van der Waals surface area contributed by atoms with E-state index >= 15 is 0 Å². The van der Waals surface area contributed by atoms with E-state index in [2.05, 4.69) is 41.8 Å². The number of ether oxygens (including phenoxy) is 1. The molecule has 5 nitrogen and oxygen atoms in total. The van der Waals surface area contributed by atoms with Crippen LogP contribution in [0.15, 0.2) is 83.9 Å². The fourth-order valence-corrected chi connectivity index (χ4v) is 4.12. The van der Waals surface area contributed by atoms with Crippen LogP contribution in [0.5, 0.6) is 5.75 Å². The first-order valence-corrected chi connectivity index (χ1v) is 10.3. The van der Waals surface area contributed by atoms with Gasteiger partial charge in [0.25, 0.3) is 5.56 Å². The van der Waals surface area contributed by atoms with Gasteiger partial charge < -0.3 is 9.30 Å². The predicted octanol–water partition coefficient (Wildman–Crippen LogP) is 4.76. The lowest BCUT2D eigenvalue weighted by Gasteiger charge is -2.10. The summed E-state index contributed by atoms with van der Waals surface area (Å²) in [4.78, 5) is 18.3. The molecular formula is C26H23N3O2. The van der Waals surface area contributed by atoms with Crippen LogP contribution < -0.4 is 10.3 Å². The number of fused-ring (bicyclic) bond motifs is 3. The third-order valence-electron chi connectivity index (χ3n) is 5.65. The van der Waals surface area contributed by atoms with Gasteiger partial charge in [-0.2, -0.15) is 0 Å². The van der Waals surface area contributed by atoms with E-state index in [1.165, 1.54) is 0 Å². The highest BCUT2D eigenvalue weighted by atomic mass is 16.5. The van der Waals surface area contributed by atoms with Crippen molar-refractivity contribution >= 4 is 21.9 Å². The maximum absolute atomic E-state index is 13.6. The van der Waals surface area contributed by atoms with Crippen LogP contribution >= 0.6 is 0 Å². The van der Waals surface area contributed by atoms with Crippen molar-refractivity contribution in [2.75, 3.05) is 7.11 Å².